The van der Waals surface area contributed by atoms with Gasteiger partial charge in [0.25, 0.3) is 5.91 Å². The topological polar surface area (TPSA) is 64.3 Å². The van der Waals surface area contributed by atoms with Gasteiger partial charge in [-0.25, -0.2) is 0 Å². The first-order valence-corrected chi connectivity index (χ1v) is 5.97. The molecule has 19 heavy (non-hydrogen) atoms. The summed E-state index contributed by atoms with van der Waals surface area (Å²) in [6.45, 7) is 0.470. The number of carbonyl (C=O) groups is 1. The number of methoxy groups -OCH3 is 1. The van der Waals surface area contributed by atoms with Crippen molar-refractivity contribution in [1.82, 2.24) is 5.32 Å². The molecule has 0 spiro atoms. The molecular weight excluding hydrogens is 240 g/mol. The fourth-order valence-corrected chi connectivity index (χ4v) is 1.83. The summed E-state index contributed by atoms with van der Waals surface area (Å²) in [7, 11) is 1.50. The van der Waals surface area contributed by atoms with E-state index in [-0.39, 0.29) is 5.91 Å². The highest BCUT2D eigenvalue weighted by Gasteiger charge is 2.13. The molecule has 2 aromatic rings. The van der Waals surface area contributed by atoms with E-state index in [1.807, 2.05) is 30.3 Å². The maximum atomic E-state index is 12.1. The number of hydrogen-bond acceptors (Lipinski definition) is 3. The lowest BCUT2D eigenvalue weighted by atomic mass is 10.1. The van der Waals surface area contributed by atoms with Crippen molar-refractivity contribution >= 4 is 11.6 Å². The van der Waals surface area contributed by atoms with Gasteiger partial charge in [-0.15, -0.1) is 0 Å². The van der Waals surface area contributed by atoms with Crippen molar-refractivity contribution < 1.29 is 9.53 Å². The number of nitrogens with two attached hydrogens (primary N) is 1. The van der Waals surface area contributed by atoms with E-state index in [2.05, 4.69) is 5.32 Å². The summed E-state index contributed by atoms with van der Waals surface area (Å²) in [4.78, 5) is 12.1. The Morgan fingerprint density at radius 2 is 1.89 bits per heavy atom. The zero-order valence-corrected chi connectivity index (χ0v) is 10.7. The number of nitrogens with one attached hydrogen (secondary N) is 1. The Bertz CT molecular complexity index is 568. The third-order valence-electron chi connectivity index (χ3n) is 2.79. The van der Waals surface area contributed by atoms with Gasteiger partial charge < -0.3 is 15.8 Å². The van der Waals surface area contributed by atoms with Crippen molar-refractivity contribution in [2.24, 2.45) is 0 Å². The van der Waals surface area contributed by atoms with Gasteiger partial charge >= 0.3 is 0 Å². The van der Waals surface area contributed by atoms with Crippen LogP contribution in [0, 0.1) is 0 Å². The average molecular weight is 256 g/mol. The molecule has 1 amide bonds. The number of para-hydroxylation sites is 1. The molecule has 0 saturated heterocycles. The SMILES string of the molecule is COc1c(N)cccc1C(=O)NCc1ccccc1. The predicted octanol–water partition coefficient (Wildman–Crippen LogP) is 2.21. The molecule has 2 aromatic carbocycles. The summed E-state index contributed by atoms with van der Waals surface area (Å²) >= 11 is 0. The summed E-state index contributed by atoms with van der Waals surface area (Å²) in [5, 5.41) is 2.84. The van der Waals surface area contributed by atoms with E-state index in [9.17, 15) is 4.79 Å². The lowest BCUT2D eigenvalue weighted by Gasteiger charge is -2.11. The fourth-order valence-electron chi connectivity index (χ4n) is 1.83. The molecule has 0 heterocycles. The van der Waals surface area contributed by atoms with Gasteiger partial charge in [0.1, 0.15) is 0 Å². The second-order valence-corrected chi connectivity index (χ2v) is 4.10. The molecule has 2 rings (SSSR count). The van der Waals surface area contributed by atoms with Gasteiger partial charge in [0, 0.05) is 6.54 Å². The Morgan fingerprint density at radius 1 is 1.16 bits per heavy atom. The third kappa shape index (κ3) is 3.04. The quantitative estimate of drug-likeness (QED) is 0.824. The zero-order valence-electron chi connectivity index (χ0n) is 10.7. The zero-order chi connectivity index (χ0) is 13.7. The minimum Gasteiger partial charge on any atom is -0.494 e. The number of amides is 1. The number of hydrogen-bond donors (Lipinski definition) is 2. The molecule has 0 unspecified atom stereocenters. The van der Waals surface area contributed by atoms with Crippen LogP contribution in [0.25, 0.3) is 0 Å². The molecule has 0 bridgehead atoms. The van der Waals surface area contributed by atoms with Crippen LogP contribution < -0.4 is 15.8 Å². The molecule has 0 radical (unpaired) electrons. The van der Waals surface area contributed by atoms with Crippen molar-refractivity contribution in [3.8, 4) is 5.75 Å². The average Bonchev–Trinajstić information content (AvgIpc) is 2.45. The third-order valence-corrected chi connectivity index (χ3v) is 2.79. The first-order valence-electron chi connectivity index (χ1n) is 5.97. The molecule has 0 aromatic heterocycles. The van der Waals surface area contributed by atoms with Crippen molar-refractivity contribution in [1.29, 1.82) is 0 Å². The molecule has 3 N–H and O–H groups in total. The Labute approximate surface area is 112 Å². The summed E-state index contributed by atoms with van der Waals surface area (Å²) in [6.07, 6.45) is 0. The van der Waals surface area contributed by atoms with Crippen molar-refractivity contribution in [2.45, 2.75) is 6.54 Å². The molecule has 98 valence electrons. The maximum absolute atomic E-state index is 12.1. The van der Waals surface area contributed by atoms with Crippen LogP contribution in [0.15, 0.2) is 48.5 Å². The number of carbonyl (C=O) groups excluding carboxylic acids is 1. The summed E-state index contributed by atoms with van der Waals surface area (Å²) in [5.41, 5.74) is 7.71. The van der Waals surface area contributed by atoms with Crippen LogP contribution in [0.2, 0.25) is 0 Å². The number of benzene rings is 2. The highest BCUT2D eigenvalue weighted by atomic mass is 16.5. The van der Waals surface area contributed by atoms with E-state index in [1.54, 1.807) is 18.2 Å². The lowest BCUT2D eigenvalue weighted by Crippen LogP contribution is -2.23. The van der Waals surface area contributed by atoms with Crippen LogP contribution >= 0.6 is 0 Å². The molecule has 4 nitrogen and oxygen atoms in total. The number of rotatable bonds is 4. The lowest BCUT2D eigenvalue weighted by molar-refractivity contribution is 0.0948. The Kier molecular flexibility index (Phi) is 4.03. The largest absolute Gasteiger partial charge is 0.494 e. The molecule has 0 aliphatic rings. The number of anilines is 1. The van der Waals surface area contributed by atoms with Gasteiger partial charge in [-0.3, -0.25) is 4.79 Å². The number of ether oxygens (including phenoxy) is 1. The Morgan fingerprint density at radius 3 is 2.58 bits per heavy atom. The van der Waals surface area contributed by atoms with Crippen molar-refractivity contribution in [3.05, 3.63) is 59.7 Å². The number of nitrogen functional groups attached to an aromatic ring is 1. The van der Waals surface area contributed by atoms with E-state index in [0.717, 1.165) is 5.56 Å². The van der Waals surface area contributed by atoms with E-state index in [4.69, 9.17) is 10.5 Å². The predicted molar refractivity (Wildman–Crippen MR) is 75.0 cm³/mol. The molecule has 0 aliphatic carbocycles. The first-order chi connectivity index (χ1) is 9.22. The first kappa shape index (κ1) is 13.0. The minimum atomic E-state index is -0.201. The van der Waals surface area contributed by atoms with Crippen LogP contribution in [0.4, 0.5) is 5.69 Å². The summed E-state index contributed by atoms with van der Waals surface area (Å²) in [5.74, 6) is 0.209. The second kappa shape index (κ2) is 5.91. The van der Waals surface area contributed by atoms with Crippen LogP contribution in [0.1, 0.15) is 15.9 Å². The Hall–Kier alpha value is -2.49. The highest BCUT2D eigenvalue weighted by Crippen LogP contribution is 2.25. The Balaban J connectivity index is 2.10. The molecule has 4 heteroatoms. The van der Waals surface area contributed by atoms with Gasteiger partial charge in [-0.05, 0) is 17.7 Å². The van der Waals surface area contributed by atoms with Crippen LogP contribution in [-0.2, 0) is 6.54 Å². The monoisotopic (exact) mass is 256 g/mol. The molecule has 0 saturated carbocycles. The van der Waals surface area contributed by atoms with Crippen LogP contribution in [-0.4, -0.2) is 13.0 Å². The normalized spacial score (nSPS) is 9.95. The molecule has 0 fully saturated rings. The van der Waals surface area contributed by atoms with Gasteiger partial charge in [-0.1, -0.05) is 36.4 Å². The van der Waals surface area contributed by atoms with E-state index >= 15 is 0 Å². The molecular formula is C15H16N2O2. The van der Waals surface area contributed by atoms with Gasteiger partial charge in [0.15, 0.2) is 5.75 Å². The highest BCUT2D eigenvalue weighted by molar-refractivity contribution is 5.98. The summed E-state index contributed by atoms with van der Waals surface area (Å²) in [6, 6.07) is 14.8. The molecule has 0 atom stereocenters. The second-order valence-electron chi connectivity index (χ2n) is 4.10. The van der Waals surface area contributed by atoms with Gasteiger partial charge in [0.2, 0.25) is 0 Å². The van der Waals surface area contributed by atoms with E-state index in [0.29, 0.717) is 23.5 Å². The van der Waals surface area contributed by atoms with E-state index < -0.39 is 0 Å². The maximum Gasteiger partial charge on any atom is 0.255 e. The standard InChI is InChI=1S/C15H16N2O2/c1-19-14-12(8-5-9-13(14)16)15(18)17-10-11-6-3-2-4-7-11/h2-9H,10,16H2,1H3,(H,17,18). The fraction of sp³-hybridized carbons (Fsp3) is 0.133. The van der Waals surface area contributed by atoms with Gasteiger partial charge in [0.05, 0.1) is 18.4 Å². The van der Waals surface area contributed by atoms with E-state index in [1.165, 1.54) is 7.11 Å². The van der Waals surface area contributed by atoms with Gasteiger partial charge in [-0.2, -0.15) is 0 Å². The van der Waals surface area contributed by atoms with Crippen molar-refractivity contribution in [3.63, 3.8) is 0 Å². The summed E-state index contributed by atoms with van der Waals surface area (Å²) < 4.78 is 5.16. The smallest absolute Gasteiger partial charge is 0.255 e. The van der Waals surface area contributed by atoms with Crippen LogP contribution in [0.3, 0.4) is 0 Å². The minimum absolute atomic E-state index is 0.201. The van der Waals surface area contributed by atoms with Crippen LogP contribution in [0.5, 0.6) is 5.75 Å². The van der Waals surface area contributed by atoms with Crippen molar-refractivity contribution in [2.75, 3.05) is 12.8 Å². The molecule has 0 aliphatic heterocycles.